The molecule has 25 nitrogen and oxygen atoms in total. The van der Waals surface area contributed by atoms with Gasteiger partial charge in [-0.2, -0.15) is 0 Å². The fraction of sp³-hybridized carbons (Fsp3) is 0. The summed E-state index contributed by atoms with van der Waals surface area (Å²) in [6, 6.07) is 7.82. The molecule has 326 valence electrons. The number of carbonyl (C=O) groups excluding carboxylic acids is 5. The van der Waals surface area contributed by atoms with Crippen molar-refractivity contribution in [3.8, 4) is 86.2 Å². The number of hydrogen-bond donors (Lipinski definition) is 15. The van der Waals surface area contributed by atoms with Gasteiger partial charge in [0, 0.05) is 27.8 Å². The maximum atomic E-state index is 10.2. The van der Waals surface area contributed by atoms with E-state index in [2.05, 4.69) is 0 Å². The minimum absolute atomic E-state index is 0. The van der Waals surface area contributed by atoms with Crippen LogP contribution in [0.25, 0.3) is 0 Å². The Morgan fingerprint density at radius 3 is 0.403 bits per heavy atom. The summed E-state index contributed by atoms with van der Waals surface area (Å²) in [4.78, 5) is 51.0. The topological polar surface area (TPSA) is 504 Å². The van der Waals surface area contributed by atoms with Crippen molar-refractivity contribution in [2.24, 2.45) is 0 Å². The van der Waals surface area contributed by atoms with Gasteiger partial charge in [-0.15, -0.1) is 0 Å². The first-order valence-corrected chi connectivity index (χ1v) is 14.9. The van der Waals surface area contributed by atoms with Crippen LogP contribution in [-0.4, -0.2) is 150 Å². The molecule has 0 aliphatic heterocycles. The van der Waals surface area contributed by atoms with Crippen molar-refractivity contribution in [3.05, 3.63) is 88.5 Å². The summed E-state index contributed by atoms with van der Waals surface area (Å²) in [5, 5.41) is 183. The molecule has 0 saturated heterocycles. The molecule has 0 aliphatic rings. The molecule has 0 spiro atoms. The van der Waals surface area contributed by atoms with Crippen LogP contribution in [0, 0.1) is 0 Å². The fourth-order valence-corrected chi connectivity index (χ4v) is 3.61. The molecular formula is C35H27BiGeO25. The number of carbonyl (C=O) groups is 5. The van der Waals surface area contributed by atoms with Gasteiger partial charge in [0.2, 0.25) is 0 Å². The van der Waals surface area contributed by atoms with Gasteiger partial charge in [-0.25, -0.2) is 0 Å². The van der Waals surface area contributed by atoms with E-state index in [-0.39, 0.29) is 43.8 Å². The van der Waals surface area contributed by atoms with Gasteiger partial charge in [-0.3, -0.25) is 0 Å². The maximum absolute atomic E-state index is 10.2. The van der Waals surface area contributed by atoms with E-state index in [0.29, 0.717) is 0 Å². The van der Waals surface area contributed by atoms with Crippen LogP contribution in [0.15, 0.2) is 60.7 Å². The molecule has 2 radical (unpaired) electrons. The van der Waals surface area contributed by atoms with E-state index in [1.165, 1.54) is 0 Å². The van der Waals surface area contributed by atoms with Crippen molar-refractivity contribution >= 4 is 73.6 Å². The molecule has 15 N–H and O–H groups in total. The second kappa shape index (κ2) is 24.1. The van der Waals surface area contributed by atoms with Crippen molar-refractivity contribution in [1.82, 2.24) is 0 Å². The van der Waals surface area contributed by atoms with Crippen LogP contribution in [0.3, 0.4) is 0 Å². The molecule has 5 aromatic rings. The van der Waals surface area contributed by atoms with Crippen LogP contribution in [0.2, 0.25) is 0 Å². The zero-order chi connectivity index (χ0) is 46.5. The third kappa shape index (κ3) is 15.9. The summed E-state index contributed by atoms with van der Waals surface area (Å²) in [5.41, 5.74) is -2.00. The number of carboxylic acids is 5. The Morgan fingerprint density at radius 1 is 0.258 bits per heavy atom. The number of aromatic hydroxyl groups is 15. The molecule has 5 aromatic carbocycles. The summed E-state index contributed by atoms with van der Waals surface area (Å²) >= 11 is 0. The minimum atomic E-state index is -1.54. The van der Waals surface area contributed by atoms with Crippen LogP contribution >= 0.6 is 0 Å². The number of benzene rings is 5. The molecule has 0 amide bonds. The summed E-state index contributed by atoms with van der Waals surface area (Å²) in [5.74, 6) is -18.5. The Morgan fingerprint density at radius 2 is 0.339 bits per heavy atom. The SMILES string of the molecule is O=C([O-])c1cc(O)c(O)c(O)c1.O=C([O-])c1cc(O)c(O)c(O)c1.O=C([O-])c1cc(O)c(O)c(O)c1.O=C([O-])c1cc(O)c(O)c(O)c1.O=C([O-])c1cc(O)c(O)c(O)c1.[Bi+3].[GeH2+2]. The van der Waals surface area contributed by atoms with E-state index in [0.717, 1.165) is 60.7 Å². The number of hydrogen-bond acceptors (Lipinski definition) is 25. The van der Waals surface area contributed by atoms with Crippen molar-refractivity contribution in [2.75, 3.05) is 0 Å². The van der Waals surface area contributed by atoms with Crippen molar-refractivity contribution in [2.45, 2.75) is 0 Å². The molecule has 0 atom stereocenters. The van der Waals surface area contributed by atoms with Crippen LogP contribution in [0.5, 0.6) is 86.2 Å². The first-order valence-electron chi connectivity index (χ1n) is 14.9. The van der Waals surface area contributed by atoms with E-state index >= 15 is 0 Å². The first kappa shape index (κ1) is 56.0. The van der Waals surface area contributed by atoms with Gasteiger partial charge in [0.1, 0.15) is 0 Å². The van der Waals surface area contributed by atoms with Gasteiger partial charge in [-0.05, 0) is 60.7 Å². The van der Waals surface area contributed by atoms with Crippen LogP contribution in [-0.2, 0) is 0 Å². The molecule has 0 aliphatic carbocycles. The number of carboxylic acid groups (broad SMARTS) is 5. The van der Waals surface area contributed by atoms with Crippen molar-refractivity contribution < 1.29 is 126 Å². The van der Waals surface area contributed by atoms with Crippen LogP contribution < -0.4 is 25.5 Å². The summed E-state index contributed by atoms with van der Waals surface area (Å²) < 4.78 is 0. The number of phenolic OH excluding ortho intramolecular Hbond substituents is 15. The Balaban J connectivity index is 0. The molecule has 0 fully saturated rings. The Bertz CT molecular complexity index is 1940. The summed E-state index contributed by atoms with van der Waals surface area (Å²) in [6.07, 6.45) is 0. The third-order valence-corrected chi connectivity index (χ3v) is 6.53. The van der Waals surface area contributed by atoms with Gasteiger partial charge >= 0.3 is 43.8 Å². The number of rotatable bonds is 5. The normalized spacial score (nSPS) is 9.35. The fourth-order valence-electron chi connectivity index (χ4n) is 3.61. The van der Waals surface area contributed by atoms with E-state index in [9.17, 15) is 49.5 Å². The van der Waals surface area contributed by atoms with E-state index in [4.69, 9.17) is 76.6 Å². The second-order valence-corrected chi connectivity index (χ2v) is 10.8. The Labute approximate surface area is 373 Å². The Kier molecular flexibility index (Phi) is 21.7. The zero-order valence-electron chi connectivity index (χ0n) is 30.2. The molecule has 27 heteroatoms. The third-order valence-electron chi connectivity index (χ3n) is 6.53. The average Bonchev–Trinajstić information content (AvgIpc) is 3.15. The standard InChI is InChI=1S/5C7H6O5.Bi.GeH2/c5*8-4-1-3(7(11)12)2-5(9)6(4)10;;/h5*1-2,8-10H,(H,11,12);;1H2/q;;;;;+3;+2/p-5. The van der Waals surface area contributed by atoms with E-state index < -0.39 is 144 Å². The van der Waals surface area contributed by atoms with Crippen LogP contribution in [0.1, 0.15) is 51.8 Å². The number of aromatic carboxylic acids is 5. The van der Waals surface area contributed by atoms with Gasteiger partial charge < -0.3 is 126 Å². The Hall–Kier alpha value is -8.12. The van der Waals surface area contributed by atoms with Gasteiger partial charge in [0.15, 0.2) is 86.2 Å². The van der Waals surface area contributed by atoms with Gasteiger partial charge in [0.05, 0.1) is 29.8 Å². The molecule has 0 aromatic heterocycles. The predicted octanol–water partition coefficient (Wildman–Crippen LogP) is -5.46. The molecule has 5 rings (SSSR count). The van der Waals surface area contributed by atoms with E-state index in [1.807, 2.05) is 0 Å². The van der Waals surface area contributed by atoms with E-state index in [1.54, 1.807) is 0 Å². The monoisotopic (exact) mass is 1130 g/mol. The van der Waals surface area contributed by atoms with Gasteiger partial charge in [0.25, 0.3) is 0 Å². The van der Waals surface area contributed by atoms with Gasteiger partial charge in [-0.1, -0.05) is 0 Å². The van der Waals surface area contributed by atoms with Crippen molar-refractivity contribution in [1.29, 1.82) is 0 Å². The van der Waals surface area contributed by atoms with Crippen LogP contribution in [0.4, 0.5) is 0 Å². The second-order valence-electron chi connectivity index (χ2n) is 10.8. The first-order chi connectivity index (χ1) is 27.6. The molecule has 62 heavy (non-hydrogen) atoms. The quantitative estimate of drug-likeness (QED) is 0.0577. The molecular weight excluding hydrogens is 1100 g/mol. The molecule has 0 unspecified atom stereocenters. The zero-order valence-corrected chi connectivity index (χ0v) is 36.7. The molecule has 0 bridgehead atoms. The predicted molar refractivity (Wildman–Crippen MR) is 193 cm³/mol. The average molecular weight is 1130 g/mol. The molecule has 0 saturated carbocycles. The van der Waals surface area contributed by atoms with Crippen molar-refractivity contribution in [3.63, 3.8) is 0 Å². The summed E-state index contributed by atoms with van der Waals surface area (Å²) in [7, 11) is 0. The summed E-state index contributed by atoms with van der Waals surface area (Å²) in [6.45, 7) is 0. The number of phenols is 15. The molecule has 0 heterocycles.